The van der Waals surface area contributed by atoms with Gasteiger partial charge >= 0.3 is 12.5 Å². The van der Waals surface area contributed by atoms with Crippen molar-refractivity contribution in [1.29, 1.82) is 0 Å². The second-order valence-corrected chi connectivity index (χ2v) is 6.37. The van der Waals surface area contributed by atoms with Crippen molar-refractivity contribution in [1.82, 2.24) is 9.55 Å². The van der Waals surface area contributed by atoms with Crippen LogP contribution in [0.3, 0.4) is 0 Å². The number of anilines is 2. The summed E-state index contributed by atoms with van der Waals surface area (Å²) in [5, 5.41) is 2.85. The van der Waals surface area contributed by atoms with Crippen LogP contribution in [0.2, 0.25) is 0 Å². The first-order chi connectivity index (χ1) is 12.4. The Hall–Kier alpha value is -2.43. The van der Waals surface area contributed by atoms with Gasteiger partial charge in [-0.25, -0.2) is 4.98 Å². The molecule has 0 aliphatic rings. The molecule has 27 heavy (non-hydrogen) atoms. The molecule has 1 aromatic heterocycles. The predicted molar refractivity (Wildman–Crippen MR) is 89.8 cm³/mol. The van der Waals surface area contributed by atoms with Crippen LogP contribution in [0.5, 0.6) is 5.75 Å². The van der Waals surface area contributed by atoms with Crippen LogP contribution in [0.15, 0.2) is 40.9 Å². The van der Waals surface area contributed by atoms with Crippen LogP contribution >= 0.6 is 15.9 Å². The number of aryl methyl sites for hydroxylation is 1. The minimum atomic E-state index is -4.80. The zero-order valence-corrected chi connectivity index (χ0v) is 15.0. The molecule has 0 unspecified atom stereocenters. The van der Waals surface area contributed by atoms with Crippen molar-refractivity contribution in [3.63, 3.8) is 0 Å². The second kappa shape index (κ2) is 6.63. The number of fused-ring (bicyclic) bond motifs is 1. The highest BCUT2D eigenvalue weighted by molar-refractivity contribution is 9.10. The number of halogens is 7. The molecule has 0 aliphatic carbocycles. The van der Waals surface area contributed by atoms with Gasteiger partial charge in [0.2, 0.25) is 5.95 Å². The maximum atomic E-state index is 12.9. The summed E-state index contributed by atoms with van der Waals surface area (Å²) in [4.78, 5) is 4.13. The molecular weight excluding hydrogens is 444 g/mol. The van der Waals surface area contributed by atoms with Gasteiger partial charge in [0.25, 0.3) is 0 Å². The molecule has 4 nitrogen and oxygen atoms in total. The van der Waals surface area contributed by atoms with Gasteiger partial charge in [0.1, 0.15) is 5.75 Å². The molecule has 3 aromatic rings. The molecule has 3 rings (SSSR count). The number of aromatic nitrogens is 2. The Balaban J connectivity index is 1.91. The normalized spacial score (nSPS) is 12.4. The summed E-state index contributed by atoms with van der Waals surface area (Å²) in [6.07, 6.45) is -9.31. The lowest BCUT2D eigenvalue weighted by atomic mass is 10.2. The van der Waals surface area contributed by atoms with Gasteiger partial charge in [-0.1, -0.05) is 0 Å². The molecule has 0 radical (unpaired) electrons. The van der Waals surface area contributed by atoms with Crippen LogP contribution in [-0.2, 0) is 13.2 Å². The van der Waals surface area contributed by atoms with Gasteiger partial charge in [0.05, 0.1) is 16.6 Å². The monoisotopic (exact) mass is 453 g/mol. The second-order valence-electron chi connectivity index (χ2n) is 5.52. The SMILES string of the molecule is Cn1c(Nc2ccc(OC(F)(F)F)cc2)nc2cc(C(F)(F)F)cc(Br)c21. The molecule has 11 heteroatoms. The summed E-state index contributed by atoms with van der Waals surface area (Å²) in [5.74, 6) is -0.176. The molecule has 0 saturated heterocycles. The van der Waals surface area contributed by atoms with Gasteiger partial charge < -0.3 is 14.6 Å². The van der Waals surface area contributed by atoms with E-state index in [2.05, 4.69) is 31.0 Å². The van der Waals surface area contributed by atoms with Gasteiger partial charge in [0, 0.05) is 17.2 Å². The summed E-state index contributed by atoms with van der Waals surface area (Å²) in [7, 11) is 1.59. The van der Waals surface area contributed by atoms with E-state index in [1.165, 1.54) is 16.7 Å². The van der Waals surface area contributed by atoms with Crippen molar-refractivity contribution in [3.8, 4) is 5.75 Å². The topological polar surface area (TPSA) is 39.1 Å². The van der Waals surface area contributed by atoms with Gasteiger partial charge in [-0.2, -0.15) is 13.2 Å². The number of ether oxygens (including phenoxy) is 1. The van der Waals surface area contributed by atoms with Crippen LogP contribution in [0.4, 0.5) is 38.0 Å². The predicted octanol–water partition coefficient (Wildman–Crippen LogP) is 6.00. The summed E-state index contributed by atoms with van der Waals surface area (Å²) >= 11 is 3.12. The van der Waals surface area contributed by atoms with Crippen molar-refractivity contribution >= 4 is 38.6 Å². The fraction of sp³-hybridized carbons (Fsp3) is 0.188. The average molecular weight is 454 g/mol. The van der Waals surface area contributed by atoms with E-state index >= 15 is 0 Å². The third-order valence-corrected chi connectivity index (χ3v) is 4.20. The van der Waals surface area contributed by atoms with E-state index in [0.717, 1.165) is 24.3 Å². The largest absolute Gasteiger partial charge is 0.573 e. The smallest absolute Gasteiger partial charge is 0.406 e. The lowest BCUT2D eigenvalue weighted by molar-refractivity contribution is -0.274. The molecule has 0 spiro atoms. The fourth-order valence-electron chi connectivity index (χ4n) is 2.44. The molecule has 1 N–H and O–H groups in total. The summed E-state index contributed by atoms with van der Waals surface area (Å²) in [5.41, 5.74) is 0.0801. The molecule has 0 aliphatic heterocycles. The number of nitrogens with zero attached hydrogens (tertiary/aromatic N) is 2. The van der Waals surface area contributed by atoms with Crippen molar-refractivity contribution in [2.45, 2.75) is 12.5 Å². The van der Waals surface area contributed by atoms with Crippen LogP contribution in [-0.4, -0.2) is 15.9 Å². The van der Waals surface area contributed by atoms with Crippen molar-refractivity contribution in [2.75, 3.05) is 5.32 Å². The molecular formula is C16H10BrF6N3O. The first-order valence-corrected chi connectivity index (χ1v) is 8.09. The van der Waals surface area contributed by atoms with Gasteiger partial charge in [0.15, 0.2) is 0 Å². The maximum Gasteiger partial charge on any atom is 0.573 e. The molecule has 2 aromatic carbocycles. The lowest BCUT2D eigenvalue weighted by Gasteiger charge is -2.10. The molecule has 1 heterocycles. The van der Waals surface area contributed by atoms with E-state index in [1.54, 1.807) is 7.05 Å². The number of hydrogen-bond acceptors (Lipinski definition) is 3. The quantitative estimate of drug-likeness (QED) is 0.494. The Kier molecular flexibility index (Phi) is 4.74. The first-order valence-electron chi connectivity index (χ1n) is 7.30. The zero-order valence-electron chi connectivity index (χ0n) is 13.4. The number of imidazole rings is 1. The van der Waals surface area contributed by atoms with Crippen molar-refractivity contribution < 1.29 is 31.1 Å². The first kappa shape index (κ1) is 19.3. The Morgan fingerprint density at radius 2 is 1.67 bits per heavy atom. The number of nitrogens with one attached hydrogen (secondary N) is 1. The van der Waals surface area contributed by atoms with Crippen LogP contribution in [0.25, 0.3) is 11.0 Å². The van der Waals surface area contributed by atoms with E-state index in [4.69, 9.17) is 0 Å². The van der Waals surface area contributed by atoms with E-state index in [0.29, 0.717) is 11.2 Å². The fourth-order valence-corrected chi connectivity index (χ4v) is 3.16. The summed E-state index contributed by atoms with van der Waals surface area (Å²) in [6, 6.07) is 6.75. The molecule has 0 bridgehead atoms. The van der Waals surface area contributed by atoms with Crippen LogP contribution in [0.1, 0.15) is 5.56 Å². The van der Waals surface area contributed by atoms with Gasteiger partial charge in [-0.05, 0) is 52.3 Å². The third kappa shape index (κ3) is 4.29. The maximum absolute atomic E-state index is 12.9. The minimum Gasteiger partial charge on any atom is -0.406 e. The van der Waals surface area contributed by atoms with Crippen molar-refractivity contribution in [2.24, 2.45) is 7.05 Å². The van der Waals surface area contributed by atoms with Crippen molar-refractivity contribution in [3.05, 3.63) is 46.4 Å². The number of rotatable bonds is 3. The Labute approximate surface area is 156 Å². The summed E-state index contributed by atoms with van der Waals surface area (Å²) in [6.45, 7) is 0. The third-order valence-electron chi connectivity index (χ3n) is 3.59. The number of hydrogen-bond donors (Lipinski definition) is 1. The highest BCUT2D eigenvalue weighted by atomic mass is 79.9. The lowest BCUT2D eigenvalue weighted by Crippen LogP contribution is -2.17. The van der Waals surface area contributed by atoms with E-state index < -0.39 is 23.9 Å². The minimum absolute atomic E-state index is 0.110. The highest BCUT2D eigenvalue weighted by Gasteiger charge is 2.32. The molecule has 144 valence electrons. The molecule has 0 amide bonds. The summed E-state index contributed by atoms with van der Waals surface area (Å²) < 4.78 is 80.9. The van der Waals surface area contributed by atoms with Crippen LogP contribution in [0, 0.1) is 0 Å². The van der Waals surface area contributed by atoms with E-state index in [9.17, 15) is 26.3 Å². The van der Waals surface area contributed by atoms with E-state index in [-0.39, 0.29) is 15.9 Å². The zero-order chi connectivity index (χ0) is 20.0. The highest BCUT2D eigenvalue weighted by Crippen LogP contribution is 2.36. The Bertz CT molecular complexity index is 979. The Morgan fingerprint density at radius 1 is 1.04 bits per heavy atom. The van der Waals surface area contributed by atoms with Gasteiger partial charge in [-0.3, -0.25) is 0 Å². The van der Waals surface area contributed by atoms with E-state index in [1.807, 2.05) is 0 Å². The van der Waals surface area contributed by atoms with Crippen LogP contribution < -0.4 is 10.1 Å². The average Bonchev–Trinajstić information content (AvgIpc) is 2.83. The molecule has 0 saturated carbocycles. The molecule has 0 atom stereocenters. The number of alkyl halides is 6. The number of benzene rings is 2. The molecule has 0 fully saturated rings. The standard InChI is InChI=1S/C16H10BrF6N3O/c1-26-13-11(17)6-8(15(18,19)20)7-12(13)25-14(26)24-9-2-4-10(5-3-9)27-16(21,22)23/h2-7H,1H3,(H,24,25). The van der Waals surface area contributed by atoms with Gasteiger partial charge in [-0.15, -0.1) is 13.2 Å². The Morgan fingerprint density at radius 3 is 2.22 bits per heavy atom.